The van der Waals surface area contributed by atoms with Crippen molar-refractivity contribution < 1.29 is 33.0 Å². The fourth-order valence-corrected chi connectivity index (χ4v) is 4.19. The van der Waals surface area contributed by atoms with Gasteiger partial charge < -0.3 is 19.3 Å². The number of aromatic nitrogens is 4. The lowest BCUT2D eigenvalue weighted by molar-refractivity contribution is -0.0436. The van der Waals surface area contributed by atoms with Crippen LogP contribution in [0.25, 0.3) is 11.2 Å². The summed E-state index contributed by atoms with van der Waals surface area (Å²) in [4.78, 5) is 36.2. The maximum absolute atomic E-state index is 15.1. The number of fused-ring (bicyclic) bond motifs is 1. The van der Waals surface area contributed by atoms with Gasteiger partial charge in [0.1, 0.15) is 18.5 Å². The average molecular weight is 477 g/mol. The standard InChI is InChI=1S/C20H21FN5O6P/c1-2-8-25(19(28)12-6-4-3-5-7-12)17-15-18(23-10-22-17)26(11-24-15)20-14(21)16(32-33(29)30)13(9-27)31-20/h2-7,10-11,13-14,16,20,27,33H,1,8-9H2,(H,29,30)/t13-,14-,16-,20?/m1/s1. The lowest BCUT2D eigenvalue weighted by atomic mass is 10.1. The molecule has 0 spiro atoms. The van der Waals surface area contributed by atoms with E-state index in [4.69, 9.17) is 14.2 Å². The minimum absolute atomic E-state index is 0.131. The van der Waals surface area contributed by atoms with Crippen LogP contribution in [0, 0.1) is 0 Å². The minimum Gasteiger partial charge on any atom is -0.394 e. The van der Waals surface area contributed by atoms with Gasteiger partial charge in [0.05, 0.1) is 12.9 Å². The topological polar surface area (TPSA) is 140 Å². The Labute approximate surface area is 188 Å². The summed E-state index contributed by atoms with van der Waals surface area (Å²) in [7, 11) is -3.47. The Balaban J connectivity index is 1.73. The van der Waals surface area contributed by atoms with Gasteiger partial charge in [-0.1, -0.05) is 24.3 Å². The highest BCUT2D eigenvalue weighted by molar-refractivity contribution is 7.32. The third-order valence-electron chi connectivity index (χ3n) is 5.13. The second-order valence-corrected chi connectivity index (χ2v) is 7.90. The molecule has 0 radical (unpaired) electrons. The van der Waals surface area contributed by atoms with Gasteiger partial charge in [0.15, 0.2) is 29.4 Å². The van der Waals surface area contributed by atoms with Crippen LogP contribution in [0.15, 0.2) is 55.6 Å². The molecule has 3 aromatic rings. The van der Waals surface area contributed by atoms with Crippen LogP contribution in [0.2, 0.25) is 0 Å². The first kappa shape index (κ1) is 23.1. The summed E-state index contributed by atoms with van der Waals surface area (Å²) in [5.41, 5.74) is 0.801. The zero-order valence-corrected chi connectivity index (χ0v) is 18.2. The Morgan fingerprint density at radius 3 is 2.76 bits per heavy atom. The minimum atomic E-state index is -3.47. The van der Waals surface area contributed by atoms with Crippen molar-refractivity contribution in [2.75, 3.05) is 18.1 Å². The molecule has 1 aliphatic rings. The van der Waals surface area contributed by atoms with E-state index >= 15 is 4.39 Å². The number of anilines is 1. The molecule has 2 aromatic heterocycles. The quantitative estimate of drug-likeness (QED) is 0.366. The molecule has 1 fully saturated rings. The third-order valence-corrected chi connectivity index (χ3v) is 5.60. The van der Waals surface area contributed by atoms with Crippen molar-refractivity contribution in [3.05, 3.63) is 61.2 Å². The molecule has 0 saturated carbocycles. The van der Waals surface area contributed by atoms with E-state index in [1.165, 1.54) is 28.2 Å². The predicted octanol–water partition coefficient (Wildman–Crippen LogP) is 1.65. The Kier molecular flexibility index (Phi) is 6.91. The van der Waals surface area contributed by atoms with Gasteiger partial charge in [-0.2, -0.15) is 0 Å². The maximum atomic E-state index is 15.1. The number of ether oxygens (including phenoxy) is 1. The van der Waals surface area contributed by atoms with Crippen LogP contribution < -0.4 is 4.90 Å². The number of carbonyl (C=O) groups is 1. The Bertz CT molecular complexity index is 1180. The molecule has 1 aliphatic heterocycles. The van der Waals surface area contributed by atoms with Gasteiger partial charge in [-0.25, -0.2) is 19.3 Å². The molecule has 13 heteroatoms. The van der Waals surface area contributed by atoms with E-state index in [9.17, 15) is 14.5 Å². The largest absolute Gasteiger partial charge is 0.394 e. The fourth-order valence-electron chi connectivity index (χ4n) is 3.68. The van der Waals surface area contributed by atoms with Crippen LogP contribution >= 0.6 is 8.25 Å². The van der Waals surface area contributed by atoms with Gasteiger partial charge in [-0.05, 0) is 12.1 Å². The molecule has 174 valence electrons. The summed E-state index contributed by atoms with van der Waals surface area (Å²) in [6, 6.07) is 8.59. The van der Waals surface area contributed by atoms with Crippen LogP contribution in [-0.2, 0) is 13.8 Å². The molecular weight excluding hydrogens is 456 g/mol. The summed E-state index contributed by atoms with van der Waals surface area (Å²) >= 11 is 0. The van der Waals surface area contributed by atoms with Crippen molar-refractivity contribution in [3.8, 4) is 0 Å². The molecule has 2 unspecified atom stereocenters. The van der Waals surface area contributed by atoms with Crippen molar-refractivity contribution >= 4 is 31.1 Å². The van der Waals surface area contributed by atoms with Crippen molar-refractivity contribution in [2.24, 2.45) is 0 Å². The van der Waals surface area contributed by atoms with Gasteiger partial charge in [-0.3, -0.25) is 18.8 Å². The average Bonchev–Trinajstić information content (AvgIpc) is 3.38. The molecule has 4 rings (SSSR count). The number of imidazole rings is 1. The van der Waals surface area contributed by atoms with Crippen LogP contribution in [0.5, 0.6) is 0 Å². The van der Waals surface area contributed by atoms with E-state index in [1.54, 1.807) is 30.3 Å². The molecule has 0 aliphatic carbocycles. The van der Waals surface area contributed by atoms with E-state index in [1.807, 2.05) is 0 Å². The first-order valence-corrected chi connectivity index (χ1v) is 11.2. The molecule has 3 heterocycles. The number of hydrogen-bond acceptors (Lipinski definition) is 8. The second kappa shape index (κ2) is 9.86. The van der Waals surface area contributed by atoms with Crippen LogP contribution in [0.4, 0.5) is 10.2 Å². The van der Waals surface area contributed by atoms with E-state index in [0.717, 1.165) is 0 Å². The summed E-state index contributed by atoms with van der Waals surface area (Å²) in [6.45, 7) is 3.20. The molecule has 11 nitrogen and oxygen atoms in total. The number of alkyl halides is 1. The lowest BCUT2D eigenvalue weighted by Gasteiger charge is -2.20. The Morgan fingerprint density at radius 1 is 1.33 bits per heavy atom. The molecule has 5 atom stereocenters. The zero-order valence-electron chi connectivity index (χ0n) is 17.2. The first-order chi connectivity index (χ1) is 16.0. The number of hydrogen-bond donors (Lipinski definition) is 2. The molecule has 1 saturated heterocycles. The number of carbonyl (C=O) groups excluding carboxylic acids is 1. The van der Waals surface area contributed by atoms with E-state index in [0.29, 0.717) is 5.56 Å². The first-order valence-electron chi connectivity index (χ1n) is 9.91. The smallest absolute Gasteiger partial charge is 0.317 e. The third kappa shape index (κ3) is 4.43. The van der Waals surface area contributed by atoms with Crippen LogP contribution in [0.1, 0.15) is 16.6 Å². The summed E-state index contributed by atoms with van der Waals surface area (Å²) in [6.07, 6.45) is -1.84. The molecule has 1 aromatic carbocycles. The SMILES string of the molecule is C=CCN(C(=O)c1ccccc1)c1ncnc2c1ncn2C1O[C@H](CO)[C@@H](O[PH](=O)O)[C@H]1F. The van der Waals surface area contributed by atoms with Gasteiger partial charge in [0, 0.05) is 12.1 Å². The van der Waals surface area contributed by atoms with Crippen LogP contribution in [-0.4, -0.2) is 67.0 Å². The normalized spacial score (nSPS) is 23.5. The zero-order chi connectivity index (χ0) is 23.5. The highest BCUT2D eigenvalue weighted by Gasteiger charge is 2.48. The predicted molar refractivity (Wildman–Crippen MR) is 116 cm³/mol. The lowest BCUT2D eigenvalue weighted by Crippen LogP contribution is -2.32. The number of halogens is 1. The Hall–Kier alpha value is -3.02. The molecule has 0 bridgehead atoms. The highest BCUT2D eigenvalue weighted by atomic mass is 31.1. The van der Waals surface area contributed by atoms with Gasteiger partial charge in [0.2, 0.25) is 0 Å². The van der Waals surface area contributed by atoms with E-state index < -0.39 is 39.5 Å². The van der Waals surface area contributed by atoms with Crippen molar-refractivity contribution in [1.29, 1.82) is 0 Å². The number of aliphatic hydroxyl groups is 1. The molecule has 1 amide bonds. The van der Waals surface area contributed by atoms with E-state index in [-0.39, 0.29) is 29.4 Å². The van der Waals surface area contributed by atoms with Gasteiger partial charge in [-0.15, -0.1) is 6.58 Å². The summed E-state index contributed by atoms with van der Waals surface area (Å²) in [5.74, 6) is -0.153. The maximum Gasteiger partial charge on any atom is 0.317 e. The van der Waals surface area contributed by atoms with Gasteiger partial charge in [0.25, 0.3) is 5.91 Å². The second-order valence-electron chi connectivity index (χ2n) is 7.13. The number of amides is 1. The Morgan fingerprint density at radius 2 is 2.09 bits per heavy atom. The van der Waals surface area contributed by atoms with Crippen molar-refractivity contribution in [2.45, 2.75) is 24.6 Å². The number of benzene rings is 1. The molecular formula is C20H21FN5O6P. The van der Waals surface area contributed by atoms with E-state index in [2.05, 4.69) is 21.5 Å². The summed E-state index contributed by atoms with van der Waals surface area (Å²) in [5, 5.41) is 9.49. The summed E-state index contributed by atoms with van der Waals surface area (Å²) < 4.78 is 37.8. The number of nitrogens with zero attached hydrogens (tertiary/aromatic N) is 5. The fraction of sp³-hybridized carbons (Fsp3) is 0.300. The van der Waals surface area contributed by atoms with Crippen molar-refractivity contribution in [3.63, 3.8) is 0 Å². The monoisotopic (exact) mass is 477 g/mol. The number of rotatable bonds is 8. The van der Waals surface area contributed by atoms with Crippen molar-refractivity contribution in [1.82, 2.24) is 19.5 Å². The van der Waals surface area contributed by atoms with Gasteiger partial charge >= 0.3 is 8.25 Å². The number of aliphatic hydroxyl groups excluding tert-OH is 1. The molecule has 2 N–H and O–H groups in total. The molecule has 33 heavy (non-hydrogen) atoms. The highest BCUT2D eigenvalue weighted by Crippen LogP contribution is 2.39. The van der Waals surface area contributed by atoms with Crippen LogP contribution in [0.3, 0.4) is 0 Å².